The number of hydrogen-bond acceptors (Lipinski definition) is 3. The highest BCUT2D eigenvalue weighted by atomic mass is 79.9. The fraction of sp³-hybridized carbons (Fsp3) is 0.412. The molecule has 0 saturated heterocycles. The Labute approximate surface area is 138 Å². The van der Waals surface area contributed by atoms with E-state index in [0.717, 1.165) is 27.8 Å². The quantitative estimate of drug-likeness (QED) is 0.853. The van der Waals surface area contributed by atoms with E-state index >= 15 is 0 Å². The van der Waals surface area contributed by atoms with Gasteiger partial charge in [0, 0.05) is 26.7 Å². The van der Waals surface area contributed by atoms with Crippen LogP contribution >= 0.6 is 27.3 Å². The molecule has 112 valence electrons. The molecule has 2 atom stereocenters. The largest absolute Gasteiger partial charge is 0.387 e. The molecule has 1 aromatic carbocycles. The van der Waals surface area contributed by atoms with Crippen molar-refractivity contribution >= 4 is 27.3 Å². The first-order valence-electron chi connectivity index (χ1n) is 7.44. The third kappa shape index (κ3) is 3.24. The van der Waals surface area contributed by atoms with Crippen LogP contribution < -0.4 is 5.73 Å². The van der Waals surface area contributed by atoms with Gasteiger partial charge >= 0.3 is 0 Å². The standard InChI is InChI=1S/C17H20BrNOS/c18-13-6-3-5-11(8-13)14(10-19)17(20)16-9-12-4-1-2-7-15(12)21-16/h3,5-6,8-9,14,17,20H,1-2,4,7,10,19H2. The SMILES string of the molecule is NCC(c1cccc(Br)c1)C(O)c1cc2c(s1)CCCC2. The van der Waals surface area contributed by atoms with Gasteiger partial charge in [0.25, 0.3) is 0 Å². The number of fused-ring (bicyclic) bond motifs is 1. The van der Waals surface area contributed by atoms with Gasteiger partial charge in [-0.3, -0.25) is 0 Å². The Balaban J connectivity index is 1.88. The molecule has 2 aromatic rings. The molecule has 0 amide bonds. The lowest BCUT2D eigenvalue weighted by molar-refractivity contribution is 0.151. The third-order valence-corrected chi connectivity index (χ3v) is 6.02. The van der Waals surface area contributed by atoms with Crippen LogP contribution in [-0.2, 0) is 12.8 Å². The van der Waals surface area contributed by atoms with Gasteiger partial charge in [0.2, 0.25) is 0 Å². The minimum atomic E-state index is -0.514. The van der Waals surface area contributed by atoms with Crippen molar-refractivity contribution in [3.05, 3.63) is 55.7 Å². The molecule has 3 rings (SSSR count). The van der Waals surface area contributed by atoms with Crippen molar-refractivity contribution in [3.63, 3.8) is 0 Å². The normalized spacial score (nSPS) is 17.3. The van der Waals surface area contributed by atoms with Crippen LogP contribution in [0.1, 0.15) is 45.7 Å². The van der Waals surface area contributed by atoms with Crippen molar-refractivity contribution in [1.82, 2.24) is 0 Å². The maximum absolute atomic E-state index is 10.8. The lowest BCUT2D eigenvalue weighted by atomic mass is 9.91. The summed E-state index contributed by atoms with van der Waals surface area (Å²) in [7, 11) is 0. The zero-order valence-corrected chi connectivity index (χ0v) is 14.3. The van der Waals surface area contributed by atoms with Gasteiger partial charge in [0.15, 0.2) is 0 Å². The van der Waals surface area contributed by atoms with Gasteiger partial charge < -0.3 is 10.8 Å². The minimum absolute atomic E-state index is 0.0531. The van der Waals surface area contributed by atoms with Gasteiger partial charge in [-0.1, -0.05) is 28.1 Å². The van der Waals surface area contributed by atoms with E-state index in [2.05, 4.69) is 22.0 Å². The second-order valence-corrected chi connectivity index (χ2v) is 7.73. The van der Waals surface area contributed by atoms with E-state index in [4.69, 9.17) is 5.73 Å². The number of rotatable bonds is 4. The Morgan fingerprint density at radius 3 is 2.76 bits per heavy atom. The number of aliphatic hydroxyl groups excluding tert-OH is 1. The van der Waals surface area contributed by atoms with E-state index in [1.165, 1.54) is 23.3 Å². The van der Waals surface area contributed by atoms with Gasteiger partial charge in [0.05, 0.1) is 6.10 Å². The first-order valence-corrected chi connectivity index (χ1v) is 9.05. The zero-order chi connectivity index (χ0) is 14.8. The smallest absolute Gasteiger partial charge is 0.0962 e. The van der Waals surface area contributed by atoms with Crippen LogP contribution in [0.2, 0.25) is 0 Å². The Morgan fingerprint density at radius 1 is 1.24 bits per heavy atom. The molecule has 1 aliphatic carbocycles. The first kappa shape index (κ1) is 15.2. The number of thiophene rings is 1. The average molecular weight is 366 g/mol. The lowest BCUT2D eigenvalue weighted by Crippen LogP contribution is -2.19. The van der Waals surface area contributed by atoms with E-state index in [1.54, 1.807) is 11.3 Å². The Hall–Kier alpha value is -0.680. The van der Waals surface area contributed by atoms with Crippen LogP contribution in [0.25, 0.3) is 0 Å². The van der Waals surface area contributed by atoms with Crippen molar-refractivity contribution in [2.75, 3.05) is 6.54 Å². The molecule has 3 N–H and O–H groups in total. The summed E-state index contributed by atoms with van der Waals surface area (Å²) >= 11 is 5.26. The Kier molecular flexibility index (Phi) is 4.79. The number of halogens is 1. The molecule has 1 aromatic heterocycles. The predicted molar refractivity (Wildman–Crippen MR) is 91.9 cm³/mol. The molecule has 0 saturated carbocycles. The molecule has 0 radical (unpaired) electrons. The molecule has 4 heteroatoms. The molecule has 1 heterocycles. The van der Waals surface area contributed by atoms with Crippen molar-refractivity contribution in [1.29, 1.82) is 0 Å². The van der Waals surface area contributed by atoms with Gasteiger partial charge in [-0.2, -0.15) is 0 Å². The molecular formula is C17H20BrNOS. The Morgan fingerprint density at radius 2 is 2.05 bits per heavy atom. The van der Waals surface area contributed by atoms with Crippen LogP contribution in [0.15, 0.2) is 34.8 Å². The second-order valence-electron chi connectivity index (χ2n) is 5.65. The summed E-state index contributed by atoms with van der Waals surface area (Å²) in [6.07, 6.45) is 4.35. The minimum Gasteiger partial charge on any atom is -0.387 e. The Bertz CT molecular complexity index is 602. The van der Waals surface area contributed by atoms with Crippen molar-refractivity contribution in [2.24, 2.45) is 5.73 Å². The van der Waals surface area contributed by atoms with E-state index in [0.29, 0.717) is 6.54 Å². The highest BCUT2D eigenvalue weighted by Gasteiger charge is 2.25. The molecule has 21 heavy (non-hydrogen) atoms. The number of benzene rings is 1. The molecular weight excluding hydrogens is 346 g/mol. The summed E-state index contributed by atoms with van der Waals surface area (Å²) < 4.78 is 1.02. The van der Waals surface area contributed by atoms with Crippen LogP contribution in [0.3, 0.4) is 0 Å². The lowest BCUT2D eigenvalue weighted by Gasteiger charge is -2.21. The van der Waals surface area contributed by atoms with Gasteiger partial charge in [-0.15, -0.1) is 11.3 Å². The van der Waals surface area contributed by atoms with Crippen LogP contribution in [-0.4, -0.2) is 11.7 Å². The van der Waals surface area contributed by atoms with Crippen LogP contribution in [0.4, 0.5) is 0 Å². The summed E-state index contributed by atoms with van der Waals surface area (Å²) in [4.78, 5) is 2.53. The van der Waals surface area contributed by atoms with Crippen LogP contribution in [0.5, 0.6) is 0 Å². The van der Waals surface area contributed by atoms with E-state index in [1.807, 2.05) is 24.3 Å². The number of hydrogen-bond donors (Lipinski definition) is 2. The van der Waals surface area contributed by atoms with E-state index in [9.17, 15) is 5.11 Å². The predicted octanol–water partition coefficient (Wildman–Crippen LogP) is 4.17. The zero-order valence-electron chi connectivity index (χ0n) is 11.9. The summed E-state index contributed by atoms with van der Waals surface area (Å²) in [6.45, 7) is 0.445. The van der Waals surface area contributed by atoms with Gasteiger partial charge in [0.1, 0.15) is 0 Å². The van der Waals surface area contributed by atoms with Crippen molar-refractivity contribution in [2.45, 2.75) is 37.7 Å². The molecule has 2 unspecified atom stereocenters. The van der Waals surface area contributed by atoms with Crippen molar-refractivity contribution < 1.29 is 5.11 Å². The first-order chi connectivity index (χ1) is 10.2. The fourth-order valence-corrected chi connectivity index (χ4v) is 4.77. The average Bonchev–Trinajstić information content (AvgIpc) is 2.92. The molecule has 1 aliphatic rings. The summed E-state index contributed by atoms with van der Waals surface area (Å²) in [5.74, 6) is -0.0531. The molecule has 0 spiro atoms. The summed E-state index contributed by atoms with van der Waals surface area (Å²) in [6, 6.07) is 10.3. The molecule has 0 fully saturated rings. The van der Waals surface area contributed by atoms with Gasteiger partial charge in [-0.25, -0.2) is 0 Å². The maximum atomic E-state index is 10.8. The number of aliphatic hydroxyl groups is 1. The maximum Gasteiger partial charge on any atom is 0.0962 e. The van der Waals surface area contributed by atoms with Crippen LogP contribution in [0, 0.1) is 0 Å². The third-order valence-electron chi connectivity index (χ3n) is 4.22. The monoisotopic (exact) mass is 365 g/mol. The second kappa shape index (κ2) is 6.61. The van der Waals surface area contributed by atoms with E-state index < -0.39 is 6.10 Å². The van der Waals surface area contributed by atoms with Gasteiger partial charge in [-0.05, 0) is 55.0 Å². The fourth-order valence-electron chi connectivity index (χ4n) is 3.04. The van der Waals surface area contributed by atoms with E-state index in [-0.39, 0.29) is 5.92 Å². The topological polar surface area (TPSA) is 46.2 Å². The molecule has 2 nitrogen and oxygen atoms in total. The number of nitrogens with two attached hydrogens (primary N) is 1. The van der Waals surface area contributed by atoms with Crippen molar-refractivity contribution in [3.8, 4) is 0 Å². The molecule has 0 bridgehead atoms. The summed E-state index contributed by atoms with van der Waals surface area (Å²) in [5.41, 5.74) is 8.47. The number of aryl methyl sites for hydroxylation is 2. The summed E-state index contributed by atoms with van der Waals surface area (Å²) in [5, 5.41) is 10.8. The molecule has 0 aliphatic heterocycles. The highest BCUT2D eigenvalue weighted by molar-refractivity contribution is 9.10. The highest BCUT2D eigenvalue weighted by Crippen LogP contribution is 2.38.